The Morgan fingerprint density at radius 1 is 1.47 bits per heavy atom. The van der Waals surface area contributed by atoms with Crippen molar-refractivity contribution >= 4 is 0 Å². The van der Waals surface area contributed by atoms with Crippen LogP contribution in [0.15, 0.2) is 22.8 Å². The Bertz CT molecular complexity index is 269. The lowest BCUT2D eigenvalue weighted by Crippen LogP contribution is -2.24. The maximum Gasteiger partial charge on any atom is 0.411 e. The summed E-state index contributed by atoms with van der Waals surface area (Å²) in [4.78, 5) is 0. The molecule has 1 atom stereocenters. The second-order valence-electron chi connectivity index (χ2n) is 3.07. The summed E-state index contributed by atoms with van der Waals surface area (Å²) in [7, 11) is 0. The highest BCUT2D eigenvalue weighted by molar-refractivity contribution is 4.99. The molecule has 15 heavy (non-hydrogen) atoms. The summed E-state index contributed by atoms with van der Waals surface area (Å²) in [6.07, 6.45) is -3.77. The van der Waals surface area contributed by atoms with Crippen LogP contribution in [-0.4, -0.2) is 30.6 Å². The van der Waals surface area contributed by atoms with Gasteiger partial charge in [0.15, 0.2) is 0 Å². The van der Waals surface area contributed by atoms with E-state index in [1.54, 1.807) is 12.1 Å². The SMILES string of the molecule is OC(COCC(F)(F)F)Cc1ccco1. The smallest absolute Gasteiger partial charge is 0.411 e. The van der Waals surface area contributed by atoms with Crippen molar-refractivity contribution in [1.82, 2.24) is 0 Å². The highest BCUT2D eigenvalue weighted by Crippen LogP contribution is 2.14. The van der Waals surface area contributed by atoms with E-state index in [2.05, 4.69) is 4.74 Å². The van der Waals surface area contributed by atoms with Gasteiger partial charge in [-0.25, -0.2) is 0 Å². The predicted octanol–water partition coefficient (Wildman–Crippen LogP) is 1.76. The topological polar surface area (TPSA) is 42.6 Å². The number of aliphatic hydroxyl groups excluding tert-OH is 1. The molecule has 0 saturated carbocycles. The van der Waals surface area contributed by atoms with Crippen molar-refractivity contribution < 1.29 is 27.4 Å². The minimum atomic E-state index is -4.36. The van der Waals surface area contributed by atoms with Crippen LogP contribution in [0.25, 0.3) is 0 Å². The van der Waals surface area contributed by atoms with Crippen molar-refractivity contribution in [3.8, 4) is 0 Å². The fourth-order valence-electron chi connectivity index (χ4n) is 1.03. The molecule has 0 radical (unpaired) electrons. The number of furan rings is 1. The molecule has 1 unspecified atom stereocenters. The molecule has 0 aliphatic carbocycles. The van der Waals surface area contributed by atoms with E-state index in [9.17, 15) is 18.3 Å². The molecular formula is C9H11F3O3. The Kier molecular flexibility index (Phi) is 4.16. The van der Waals surface area contributed by atoms with Gasteiger partial charge in [-0.3, -0.25) is 0 Å². The Hall–Kier alpha value is -1.01. The third kappa shape index (κ3) is 5.44. The van der Waals surface area contributed by atoms with Crippen LogP contribution >= 0.6 is 0 Å². The normalized spacial score (nSPS) is 14.1. The third-order valence-electron chi connectivity index (χ3n) is 1.59. The van der Waals surface area contributed by atoms with E-state index in [1.165, 1.54) is 6.26 Å². The summed E-state index contributed by atoms with van der Waals surface area (Å²) >= 11 is 0. The molecule has 6 heteroatoms. The van der Waals surface area contributed by atoms with Crippen LogP contribution in [-0.2, 0) is 11.2 Å². The zero-order valence-electron chi connectivity index (χ0n) is 7.83. The van der Waals surface area contributed by atoms with Crippen LogP contribution in [0, 0.1) is 0 Å². The fraction of sp³-hybridized carbons (Fsp3) is 0.556. The average molecular weight is 224 g/mol. The van der Waals surface area contributed by atoms with Crippen LogP contribution in [0.4, 0.5) is 13.2 Å². The molecule has 1 aromatic rings. The van der Waals surface area contributed by atoms with E-state index in [4.69, 9.17) is 4.42 Å². The summed E-state index contributed by atoms with van der Waals surface area (Å²) in [6.45, 7) is -1.71. The number of halogens is 3. The van der Waals surface area contributed by atoms with Gasteiger partial charge in [-0.15, -0.1) is 0 Å². The predicted molar refractivity (Wildman–Crippen MR) is 45.3 cm³/mol. The van der Waals surface area contributed by atoms with Gasteiger partial charge < -0.3 is 14.3 Å². The summed E-state index contributed by atoms with van der Waals surface area (Å²) < 4.78 is 44.2. The van der Waals surface area contributed by atoms with Gasteiger partial charge in [-0.2, -0.15) is 13.2 Å². The second kappa shape index (κ2) is 5.18. The van der Waals surface area contributed by atoms with E-state index in [0.29, 0.717) is 5.76 Å². The number of hydrogen-bond acceptors (Lipinski definition) is 3. The Balaban J connectivity index is 2.17. The van der Waals surface area contributed by atoms with Gasteiger partial charge in [0.05, 0.1) is 19.0 Å². The molecule has 3 nitrogen and oxygen atoms in total. The van der Waals surface area contributed by atoms with Crippen molar-refractivity contribution in [2.75, 3.05) is 13.2 Å². The second-order valence-corrected chi connectivity index (χ2v) is 3.07. The monoisotopic (exact) mass is 224 g/mol. The molecule has 1 N–H and O–H groups in total. The minimum absolute atomic E-state index is 0.144. The zero-order valence-corrected chi connectivity index (χ0v) is 7.83. The molecule has 86 valence electrons. The maximum atomic E-state index is 11.7. The van der Waals surface area contributed by atoms with E-state index in [0.717, 1.165) is 0 Å². The number of aliphatic hydroxyl groups is 1. The van der Waals surface area contributed by atoms with Gasteiger partial charge in [-0.05, 0) is 12.1 Å². The number of alkyl halides is 3. The van der Waals surface area contributed by atoms with Gasteiger partial charge in [-0.1, -0.05) is 0 Å². The van der Waals surface area contributed by atoms with Crippen molar-refractivity contribution in [3.05, 3.63) is 24.2 Å². The summed E-state index contributed by atoms with van der Waals surface area (Å²) in [6, 6.07) is 3.27. The fourth-order valence-corrected chi connectivity index (χ4v) is 1.03. The first-order valence-corrected chi connectivity index (χ1v) is 4.32. The molecule has 1 rings (SSSR count). The first-order chi connectivity index (χ1) is 6.97. The quantitative estimate of drug-likeness (QED) is 0.828. The molecule has 0 spiro atoms. The Labute approximate surface area is 84.5 Å². The van der Waals surface area contributed by atoms with Crippen LogP contribution < -0.4 is 0 Å². The molecular weight excluding hydrogens is 213 g/mol. The molecule has 1 heterocycles. The standard InChI is InChI=1S/C9H11F3O3/c10-9(11,12)6-14-5-7(13)4-8-2-1-3-15-8/h1-3,7,13H,4-6H2. The van der Waals surface area contributed by atoms with E-state index < -0.39 is 18.9 Å². The maximum absolute atomic E-state index is 11.7. The Morgan fingerprint density at radius 2 is 2.20 bits per heavy atom. The molecule has 0 aliphatic heterocycles. The lowest BCUT2D eigenvalue weighted by atomic mass is 10.2. The third-order valence-corrected chi connectivity index (χ3v) is 1.59. The number of hydrogen-bond donors (Lipinski definition) is 1. The molecule has 0 bridgehead atoms. The summed E-state index contributed by atoms with van der Waals surface area (Å²) in [5.74, 6) is 0.512. The van der Waals surface area contributed by atoms with E-state index in [1.807, 2.05) is 0 Å². The van der Waals surface area contributed by atoms with Crippen molar-refractivity contribution in [2.45, 2.75) is 18.7 Å². The van der Waals surface area contributed by atoms with Crippen LogP contribution in [0.2, 0.25) is 0 Å². The molecule has 0 aromatic carbocycles. The number of ether oxygens (including phenoxy) is 1. The Morgan fingerprint density at radius 3 is 2.73 bits per heavy atom. The van der Waals surface area contributed by atoms with Gasteiger partial charge in [0.1, 0.15) is 12.4 Å². The van der Waals surface area contributed by atoms with Crippen molar-refractivity contribution in [3.63, 3.8) is 0 Å². The largest absolute Gasteiger partial charge is 0.469 e. The zero-order chi connectivity index (χ0) is 11.3. The molecule has 1 aromatic heterocycles. The van der Waals surface area contributed by atoms with E-state index in [-0.39, 0.29) is 13.0 Å². The average Bonchev–Trinajstić information content (AvgIpc) is 2.54. The molecule has 0 aliphatic rings. The first-order valence-electron chi connectivity index (χ1n) is 4.32. The molecule has 0 fully saturated rings. The van der Waals surface area contributed by atoms with Gasteiger partial charge >= 0.3 is 6.18 Å². The molecule has 0 amide bonds. The van der Waals surface area contributed by atoms with Gasteiger partial charge in [0.2, 0.25) is 0 Å². The van der Waals surface area contributed by atoms with Crippen molar-refractivity contribution in [2.24, 2.45) is 0 Å². The number of rotatable bonds is 5. The van der Waals surface area contributed by atoms with Crippen LogP contribution in [0.1, 0.15) is 5.76 Å². The highest BCUT2D eigenvalue weighted by Gasteiger charge is 2.27. The molecule has 0 saturated heterocycles. The summed E-state index contributed by atoms with van der Waals surface area (Å²) in [5, 5.41) is 9.27. The first kappa shape index (κ1) is 12.1. The highest BCUT2D eigenvalue weighted by atomic mass is 19.4. The lowest BCUT2D eigenvalue weighted by Gasteiger charge is -2.11. The van der Waals surface area contributed by atoms with E-state index >= 15 is 0 Å². The lowest BCUT2D eigenvalue weighted by molar-refractivity contribution is -0.179. The van der Waals surface area contributed by atoms with Crippen LogP contribution in [0.5, 0.6) is 0 Å². The van der Waals surface area contributed by atoms with Crippen molar-refractivity contribution in [1.29, 1.82) is 0 Å². The van der Waals surface area contributed by atoms with Gasteiger partial charge in [0, 0.05) is 6.42 Å². The van der Waals surface area contributed by atoms with Crippen LogP contribution in [0.3, 0.4) is 0 Å². The minimum Gasteiger partial charge on any atom is -0.469 e. The van der Waals surface area contributed by atoms with Gasteiger partial charge in [0.25, 0.3) is 0 Å². The summed E-state index contributed by atoms with van der Waals surface area (Å²) in [5.41, 5.74) is 0.